The highest BCUT2D eigenvalue weighted by Gasteiger charge is 2.11. The number of nitrogens with zero attached hydrogens (tertiary/aromatic N) is 5. The molecule has 166 valence electrons. The Labute approximate surface area is 186 Å². The Morgan fingerprint density at radius 1 is 0.938 bits per heavy atom. The van der Waals surface area contributed by atoms with Gasteiger partial charge in [0.05, 0.1) is 32.0 Å². The largest absolute Gasteiger partial charge is 0.489 e. The molecule has 0 aliphatic carbocycles. The van der Waals surface area contributed by atoms with Crippen LogP contribution in [-0.4, -0.2) is 70.2 Å². The molecule has 0 radical (unpaired) electrons. The lowest BCUT2D eigenvalue weighted by Crippen LogP contribution is -2.38. The van der Waals surface area contributed by atoms with Crippen molar-refractivity contribution in [2.24, 2.45) is 0 Å². The van der Waals surface area contributed by atoms with Gasteiger partial charge in [-0.05, 0) is 11.1 Å². The molecule has 1 N–H and O–H groups in total. The van der Waals surface area contributed by atoms with Crippen molar-refractivity contribution >= 4 is 5.91 Å². The first kappa shape index (κ1) is 21.8. The molecular formula is C23H26N6O3. The summed E-state index contributed by atoms with van der Waals surface area (Å²) in [5.74, 6) is 1.33. The van der Waals surface area contributed by atoms with Gasteiger partial charge in [-0.25, -0.2) is 19.9 Å². The first-order valence-electron chi connectivity index (χ1n) is 10.6. The van der Waals surface area contributed by atoms with Crippen LogP contribution in [0.25, 0.3) is 11.6 Å². The van der Waals surface area contributed by atoms with E-state index in [0.717, 1.165) is 44.0 Å². The van der Waals surface area contributed by atoms with E-state index in [9.17, 15) is 4.79 Å². The summed E-state index contributed by atoms with van der Waals surface area (Å²) in [4.78, 5) is 31.6. The lowest BCUT2D eigenvalue weighted by molar-refractivity contribution is -0.120. The normalized spacial score (nSPS) is 14.1. The van der Waals surface area contributed by atoms with Gasteiger partial charge in [0.2, 0.25) is 5.91 Å². The van der Waals surface area contributed by atoms with Gasteiger partial charge < -0.3 is 14.8 Å². The maximum absolute atomic E-state index is 12.2. The molecule has 1 saturated heterocycles. The fraction of sp³-hybridized carbons (Fsp3) is 0.348. The molecule has 3 aromatic rings. The third-order valence-electron chi connectivity index (χ3n) is 5.01. The average molecular weight is 435 g/mol. The summed E-state index contributed by atoms with van der Waals surface area (Å²) in [6.07, 6.45) is 6.71. The summed E-state index contributed by atoms with van der Waals surface area (Å²) >= 11 is 0. The number of aromatic nitrogens is 4. The van der Waals surface area contributed by atoms with E-state index in [4.69, 9.17) is 9.47 Å². The number of ether oxygens (including phenoxy) is 2. The van der Waals surface area contributed by atoms with Gasteiger partial charge in [-0.1, -0.05) is 30.3 Å². The zero-order chi connectivity index (χ0) is 22.0. The molecule has 32 heavy (non-hydrogen) atoms. The topological polar surface area (TPSA) is 102 Å². The molecule has 1 aromatic carbocycles. The van der Waals surface area contributed by atoms with Gasteiger partial charge in [0.1, 0.15) is 6.61 Å². The Bertz CT molecular complexity index is 977. The second-order valence-corrected chi connectivity index (χ2v) is 7.40. The van der Waals surface area contributed by atoms with Crippen molar-refractivity contribution in [2.75, 3.05) is 39.5 Å². The average Bonchev–Trinajstić information content (AvgIpc) is 2.85. The highest BCUT2D eigenvalue weighted by molar-refractivity contribution is 5.78. The molecule has 1 aliphatic heterocycles. The number of hydrogen-bond acceptors (Lipinski definition) is 8. The minimum atomic E-state index is -0.0833. The minimum absolute atomic E-state index is 0.0833. The van der Waals surface area contributed by atoms with Crippen LogP contribution in [-0.2, 0) is 22.5 Å². The van der Waals surface area contributed by atoms with Gasteiger partial charge in [0.15, 0.2) is 17.4 Å². The standard InChI is InChI=1S/C23H26N6O3/c30-21(24-13-18-4-2-1-3-5-18)12-19-14-25-22(26-15-19)23-27-16-20(17-28-23)32-11-8-29-6-9-31-10-7-29/h1-5,14-17H,6-13H2,(H,24,30). The summed E-state index contributed by atoms with van der Waals surface area (Å²) in [6, 6.07) is 9.78. The van der Waals surface area contributed by atoms with Crippen LogP contribution in [0.5, 0.6) is 5.75 Å². The van der Waals surface area contributed by atoms with Gasteiger partial charge in [0.25, 0.3) is 0 Å². The second-order valence-electron chi connectivity index (χ2n) is 7.40. The molecule has 1 amide bonds. The maximum Gasteiger partial charge on any atom is 0.224 e. The maximum atomic E-state index is 12.2. The molecule has 1 fully saturated rings. The van der Waals surface area contributed by atoms with Crippen LogP contribution in [0.15, 0.2) is 55.1 Å². The summed E-state index contributed by atoms with van der Waals surface area (Å²) in [5.41, 5.74) is 1.78. The van der Waals surface area contributed by atoms with Gasteiger partial charge in [0, 0.05) is 38.6 Å². The molecule has 0 bridgehead atoms. The predicted molar refractivity (Wildman–Crippen MR) is 118 cm³/mol. The Balaban J connectivity index is 1.23. The van der Waals surface area contributed by atoms with Crippen LogP contribution in [0.4, 0.5) is 0 Å². The van der Waals surface area contributed by atoms with E-state index in [1.165, 1.54) is 0 Å². The molecule has 3 heterocycles. The van der Waals surface area contributed by atoms with E-state index < -0.39 is 0 Å². The number of hydrogen-bond donors (Lipinski definition) is 1. The molecule has 4 rings (SSSR count). The first-order chi connectivity index (χ1) is 15.8. The zero-order valence-electron chi connectivity index (χ0n) is 17.8. The minimum Gasteiger partial charge on any atom is -0.489 e. The molecule has 2 aromatic heterocycles. The third-order valence-corrected chi connectivity index (χ3v) is 5.01. The summed E-state index contributed by atoms with van der Waals surface area (Å²) in [5, 5.41) is 2.90. The summed E-state index contributed by atoms with van der Waals surface area (Å²) in [7, 11) is 0. The Kier molecular flexibility index (Phi) is 7.67. The first-order valence-corrected chi connectivity index (χ1v) is 10.6. The SMILES string of the molecule is O=C(Cc1cnc(-c2ncc(OCCN3CCOCC3)cn2)nc1)NCc1ccccc1. The number of carbonyl (C=O) groups excluding carboxylic acids is 1. The van der Waals surface area contributed by atoms with E-state index in [0.29, 0.717) is 30.5 Å². The Morgan fingerprint density at radius 2 is 1.59 bits per heavy atom. The van der Waals surface area contributed by atoms with Crippen molar-refractivity contribution < 1.29 is 14.3 Å². The van der Waals surface area contributed by atoms with Crippen molar-refractivity contribution in [3.8, 4) is 17.4 Å². The number of amides is 1. The Morgan fingerprint density at radius 3 is 2.28 bits per heavy atom. The number of benzene rings is 1. The fourth-order valence-electron chi connectivity index (χ4n) is 3.23. The van der Waals surface area contributed by atoms with E-state index in [1.807, 2.05) is 30.3 Å². The monoisotopic (exact) mass is 434 g/mol. The predicted octanol–water partition coefficient (Wildman–Crippen LogP) is 1.50. The lowest BCUT2D eigenvalue weighted by Gasteiger charge is -2.26. The molecule has 0 unspecified atom stereocenters. The van der Waals surface area contributed by atoms with Crippen LogP contribution in [0.2, 0.25) is 0 Å². The van der Waals surface area contributed by atoms with Crippen LogP contribution in [0, 0.1) is 0 Å². The fourth-order valence-corrected chi connectivity index (χ4v) is 3.23. The molecule has 9 heteroatoms. The molecule has 0 atom stereocenters. The molecule has 1 aliphatic rings. The quantitative estimate of drug-likeness (QED) is 0.541. The zero-order valence-corrected chi connectivity index (χ0v) is 17.8. The number of nitrogens with one attached hydrogen (secondary N) is 1. The highest BCUT2D eigenvalue weighted by atomic mass is 16.5. The van der Waals surface area contributed by atoms with Crippen molar-refractivity contribution in [1.29, 1.82) is 0 Å². The van der Waals surface area contributed by atoms with E-state index >= 15 is 0 Å². The van der Waals surface area contributed by atoms with Crippen LogP contribution in [0.1, 0.15) is 11.1 Å². The molecule has 9 nitrogen and oxygen atoms in total. The van der Waals surface area contributed by atoms with E-state index in [1.54, 1.807) is 24.8 Å². The molecule has 0 spiro atoms. The van der Waals surface area contributed by atoms with Gasteiger partial charge in [-0.2, -0.15) is 0 Å². The van der Waals surface area contributed by atoms with E-state index in [-0.39, 0.29) is 12.3 Å². The second kappa shape index (κ2) is 11.3. The number of rotatable bonds is 9. The van der Waals surface area contributed by atoms with Crippen molar-refractivity contribution in [3.63, 3.8) is 0 Å². The Hall–Kier alpha value is -3.43. The molecule has 0 saturated carbocycles. The van der Waals surface area contributed by atoms with Gasteiger partial charge in [-0.3, -0.25) is 9.69 Å². The van der Waals surface area contributed by atoms with E-state index in [2.05, 4.69) is 30.2 Å². The smallest absolute Gasteiger partial charge is 0.224 e. The number of carbonyl (C=O) groups is 1. The lowest BCUT2D eigenvalue weighted by atomic mass is 10.2. The van der Waals surface area contributed by atoms with Crippen LogP contribution >= 0.6 is 0 Å². The third kappa shape index (κ3) is 6.53. The summed E-state index contributed by atoms with van der Waals surface area (Å²) < 4.78 is 11.1. The molecular weight excluding hydrogens is 408 g/mol. The summed E-state index contributed by atoms with van der Waals surface area (Å²) in [6.45, 7) is 5.31. The van der Waals surface area contributed by atoms with Crippen molar-refractivity contribution in [2.45, 2.75) is 13.0 Å². The van der Waals surface area contributed by atoms with Crippen molar-refractivity contribution in [3.05, 3.63) is 66.2 Å². The van der Waals surface area contributed by atoms with Crippen LogP contribution in [0.3, 0.4) is 0 Å². The van der Waals surface area contributed by atoms with Crippen LogP contribution < -0.4 is 10.1 Å². The van der Waals surface area contributed by atoms with Crippen molar-refractivity contribution in [1.82, 2.24) is 30.2 Å². The van der Waals surface area contributed by atoms with Gasteiger partial charge in [-0.15, -0.1) is 0 Å². The van der Waals surface area contributed by atoms with Gasteiger partial charge >= 0.3 is 0 Å². The highest BCUT2D eigenvalue weighted by Crippen LogP contribution is 2.13. The number of morpholine rings is 1.